The van der Waals surface area contributed by atoms with Crippen LogP contribution in [0.4, 0.5) is 0 Å². The summed E-state index contributed by atoms with van der Waals surface area (Å²) in [6.45, 7) is 3.65. The fourth-order valence-corrected chi connectivity index (χ4v) is 2.48. The summed E-state index contributed by atoms with van der Waals surface area (Å²) in [5.74, 6) is 0.182. The predicted molar refractivity (Wildman–Crippen MR) is 63.3 cm³/mol. The Kier molecular flexibility index (Phi) is 3.33. The lowest BCUT2D eigenvalue weighted by Gasteiger charge is -2.13. The van der Waals surface area contributed by atoms with Crippen molar-refractivity contribution >= 4 is 5.97 Å². The lowest BCUT2D eigenvalue weighted by Crippen LogP contribution is -2.25. The van der Waals surface area contributed by atoms with Crippen LogP contribution in [0.5, 0.6) is 0 Å². The topological polar surface area (TPSA) is 49.3 Å². The van der Waals surface area contributed by atoms with Crippen molar-refractivity contribution in [3.8, 4) is 0 Å². The number of hydrogen-bond donors (Lipinski definition) is 2. The van der Waals surface area contributed by atoms with Gasteiger partial charge in [-0.15, -0.1) is 0 Å². The van der Waals surface area contributed by atoms with Gasteiger partial charge in [-0.05, 0) is 43.4 Å². The molecular formula is C13H21NO2. The Hall–Kier alpha value is -0.830. The monoisotopic (exact) mass is 223 g/mol. The molecule has 0 saturated heterocycles. The van der Waals surface area contributed by atoms with E-state index in [0.29, 0.717) is 24.0 Å². The molecule has 3 heteroatoms. The van der Waals surface area contributed by atoms with E-state index in [1.54, 1.807) is 0 Å². The van der Waals surface area contributed by atoms with Gasteiger partial charge in [-0.1, -0.05) is 13.0 Å². The molecule has 90 valence electrons. The van der Waals surface area contributed by atoms with E-state index in [-0.39, 0.29) is 0 Å². The van der Waals surface area contributed by atoms with Crippen LogP contribution in [0.25, 0.3) is 0 Å². The Labute approximate surface area is 96.9 Å². The highest BCUT2D eigenvalue weighted by atomic mass is 16.4. The van der Waals surface area contributed by atoms with Crippen molar-refractivity contribution in [1.82, 2.24) is 5.32 Å². The molecule has 0 bridgehead atoms. The molecule has 2 saturated carbocycles. The highest BCUT2D eigenvalue weighted by Gasteiger charge is 2.52. The van der Waals surface area contributed by atoms with Crippen molar-refractivity contribution < 1.29 is 9.90 Å². The zero-order chi connectivity index (χ0) is 11.6. The Bertz CT molecular complexity index is 301. The SMILES string of the molecule is CCC(=CCNCC1(C2CC2)CC1)C(=O)O. The third-order valence-corrected chi connectivity index (χ3v) is 3.96. The molecule has 0 aromatic rings. The summed E-state index contributed by atoms with van der Waals surface area (Å²) >= 11 is 0. The molecule has 0 aromatic heterocycles. The van der Waals surface area contributed by atoms with Gasteiger partial charge in [0.2, 0.25) is 0 Å². The second-order valence-electron chi connectivity index (χ2n) is 5.16. The van der Waals surface area contributed by atoms with Crippen molar-refractivity contribution in [2.75, 3.05) is 13.1 Å². The first-order chi connectivity index (χ1) is 7.68. The van der Waals surface area contributed by atoms with Crippen molar-refractivity contribution in [3.63, 3.8) is 0 Å². The van der Waals surface area contributed by atoms with Crippen LogP contribution in [0, 0.1) is 11.3 Å². The summed E-state index contributed by atoms with van der Waals surface area (Å²) in [5, 5.41) is 12.2. The second kappa shape index (κ2) is 4.58. The van der Waals surface area contributed by atoms with Gasteiger partial charge in [-0.3, -0.25) is 0 Å². The second-order valence-corrected chi connectivity index (χ2v) is 5.16. The lowest BCUT2D eigenvalue weighted by atomic mass is 10.0. The van der Waals surface area contributed by atoms with Gasteiger partial charge in [0.1, 0.15) is 0 Å². The first-order valence-corrected chi connectivity index (χ1v) is 6.31. The molecule has 3 nitrogen and oxygen atoms in total. The van der Waals surface area contributed by atoms with E-state index in [1.165, 1.54) is 25.7 Å². The molecule has 2 rings (SSSR count). The number of nitrogens with one attached hydrogen (secondary N) is 1. The summed E-state index contributed by atoms with van der Waals surface area (Å²) in [6.07, 6.45) is 7.97. The summed E-state index contributed by atoms with van der Waals surface area (Å²) in [5.41, 5.74) is 1.12. The summed E-state index contributed by atoms with van der Waals surface area (Å²) in [6, 6.07) is 0. The van der Waals surface area contributed by atoms with Crippen LogP contribution in [0.1, 0.15) is 39.0 Å². The number of carboxylic acid groups (broad SMARTS) is 1. The maximum Gasteiger partial charge on any atom is 0.331 e. The van der Waals surface area contributed by atoms with Crippen LogP contribution < -0.4 is 5.32 Å². The summed E-state index contributed by atoms with van der Waals surface area (Å²) in [7, 11) is 0. The van der Waals surface area contributed by atoms with E-state index >= 15 is 0 Å². The Morgan fingerprint density at radius 1 is 1.50 bits per heavy atom. The van der Waals surface area contributed by atoms with Crippen LogP contribution in [-0.2, 0) is 4.79 Å². The first kappa shape index (κ1) is 11.6. The maximum absolute atomic E-state index is 10.8. The number of aliphatic carboxylic acids is 1. The molecule has 0 atom stereocenters. The molecular weight excluding hydrogens is 202 g/mol. The van der Waals surface area contributed by atoms with Gasteiger partial charge < -0.3 is 10.4 Å². The molecule has 2 aliphatic rings. The number of rotatable bonds is 7. The van der Waals surface area contributed by atoms with Gasteiger partial charge in [-0.2, -0.15) is 0 Å². The Morgan fingerprint density at radius 3 is 2.62 bits per heavy atom. The molecule has 16 heavy (non-hydrogen) atoms. The fraction of sp³-hybridized carbons (Fsp3) is 0.769. The van der Waals surface area contributed by atoms with Crippen molar-refractivity contribution in [2.45, 2.75) is 39.0 Å². The van der Waals surface area contributed by atoms with E-state index in [2.05, 4.69) is 5.32 Å². The average Bonchev–Trinajstić information content (AvgIpc) is 3.11. The van der Waals surface area contributed by atoms with Gasteiger partial charge in [0.05, 0.1) is 0 Å². The number of carboxylic acids is 1. The molecule has 0 radical (unpaired) electrons. The van der Waals surface area contributed by atoms with Gasteiger partial charge in [-0.25, -0.2) is 4.79 Å². The van der Waals surface area contributed by atoms with Gasteiger partial charge in [0.15, 0.2) is 0 Å². The minimum Gasteiger partial charge on any atom is -0.478 e. The van der Waals surface area contributed by atoms with E-state index < -0.39 is 5.97 Å². The fourth-order valence-electron chi connectivity index (χ4n) is 2.48. The van der Waals surface area contributed by atoms with Crippen LogP contribution in [0.15, 0.2) is 11.6 Å². The van der Waals surface area contributed by atoms with E-state index in [0.717, 1.165) is 12.5 Å². The minimum absolute atomic E-state index is 0.517. The van der Waals surface area contributed by atoms with Crippen molar-refractivity contribution in [2.24, 2.45) is 11.3 Å². The standard InChI is InChI=1S/C13H21NO2/c1-2-10(12(15)16)5-8-14-9-13(6-7-13)11-3-4-11/h5,11,14H,2-4,6-9H2,1H3,(H,15,16). The molecule has 2 aliphatic carbocycles. The van der Waals surface area contributed by atoms with Crippen LogP contribution >= 0.6 is 0 Å². The molecule has 0 spiro atoms. The third kappa shape index (κ3) is 2.64. The zero-order valence-electron chi connectivity index (χ0n) is 9.96. The minimum atomic E-state index is -0.785. The first-order valence-electron chi connectivity index (χ1n) is 6.31. The molecule has 0 unspecified atom stereocenters. The Balaban J connectivity index is 1.69. The number of carbonyl (C=O) groups is 1. The molecule has 0 amide bonds. The highest BCUT2D eigenvalue weighted by molar-refractivity contribution is 5.86. The molecule has 0 aliphatic heterocycles. The summed E-state index contributed by atoms with van der Waals surface area (Å²) in [4.78, 5) is 10.8. The third-order valence-electron chi connectivity index (χ3n) is 3.96. The van der Waals surface area contributed by atoms with Crippen LogP contribution in [0.2, 0.25) is 0 Å². The van der Waals surface area contributed by atoms with E-state index in [9.17, 15) is 4.79 Å². The predicted octanol–water partition coefficient (Wildman–Crippen LogP) is 2.19. The largest absolute Gasteiger partial charge is 0.478 e. The zero-order valence-corrected chi connectivity index (χ0v) is 9.96. The lowest BCUT2D eigenvalue weighted by molar-refractivity contribution is -0.132. The highest BCUT2D eigenvalue weighted by Crippen LogP contribution is 2.60. The summed E-state index contributed by atoms with van der Waals surface area (Å²) < 4.78 is 0. The Morgan fingerprint density at radius 2 is 2.19 bits per heavy atom. The quantitative estimate of drug-likeness (QED) is 0.514. The van der Waals surface area contributed by atoms with Crippen molar-refractivity contribution in [3.05, 3.63) is 11.6 Å². The smallest absolute Gasteiger partial charge is 0.331 e. The average molecular weight is 223 g/mol. The molecule has 2 N–H and O–H groups in total. The van der Waals surface area contributed by atoms with Gasteiger partial charge in [0, 0.05) is 18.7 Å². The van der Waals surface area contributed by atoms with Gasteiger partial charge >= 0.3 is 5.97 Å². The van der Waals surface area contributed by atoms with Crippen LogP contribution in [-0.4, -0.2) is 24.2 Å². The van der Waals surface area contributed by atoms with E-state index in [4.69, 9.17) is 5.11 Å². The van der Waals surface area contributed by atoms with Crippen molar-refractivity contribution in [1.29, 1.82) is 0 Å². The normalized spacial score (nSPS) is 23.2. The van der Waals surface area contributed by atoms with Gasteiger partial charge in [0.25, 0.3) is 0 Å². The van der Waals surface area contributed by atoms with E-state index in [1.807, 2.05) is 13.0 Å². The van der Waals surface area contributed by atoms with Crippen LogP contribution in [0.3, 0.4) is 0 Å². The molecule has 0 heterocycles. The molecule has 2 fully saturated rings. The number of hydrogen-bond acceptors (Lipinski definition) is 2. The molecule has 0 aromatic carbocycles. The maximum atomic E-state index is 10.8.